The number of hydrogen-bond donors (Lipinski definition) is 2. The summed E-state index contributed by atoms with van der Waals surface area (Å²) >= 11 is 6.21. The van der Waals surface area contributed by atoms with Gasteiger partial charge in [0, 0.05) is 18.7 Å². The number of carbonyl (C=O) groups is 4. The summed E-state index contributed by atoms with van der Waals surface area (Å²) in [5.74, 6) is -1.35. The molecule has 10 heteroatoms. The van der Waals surface area contributed by atoms with Gasteiger partial charge in [0.05, 0.1) is 17.7 Å². The predicted octanol–water partition coefficient (Wildman–Crippen LogP) is 4.89. The number of halogens is 1. The Morgan fingerprint density at radius 2 is 1.77 bits per heavy atom. The molecular weight excluding hydrogens is 522 g/mol. The average Bonchev–Trinajstić information content (AvgIpc) is 2.87. The quantitative estimate of drug-likeness (QED) is 0.468. The Morgan fingerprint density at radius 3 is 2.38 bits per heavy atom. The summed E-state index contributed by atoms with van der Waals surface area (Å²) in [7, 11) is 1.26. The second-order valence-electron chi connectivity index (χ2n) is 10.6. The van der Waals surface area contributed by atoms with Crippen LogP contribution in [0.2, 0.25) is 5.02 Å². The smallest absolute Gasteiger partial charge is 0.410 e. The summed E-state index contributed by atoms with van der Waals surface area (Å²) in [6.07, 6.45) is 1.87. The number of esters is 1. The van der Waals surface area contributed by atoms with Crippen LogP contribution in [0.5, 0.6) is 0 Å². The number of aryl methyl sites for hydroxylation is 1. The van der Waals surface area contributed by atoms with Gasteiger partial charge in [-0.25, -0.2) is 9.59 Å². The Bertz CT molecular complexity index is 1190. The average molecular weight is 558 g/mol. The molecule has 0 bridgehead atoms. The highest BCUT2D eigenvalue weighted by Gasteiger charge is 2.35. The van der Waals surface area contributed by atoms with E-state index in [0.29, 0.717) is 34.8 Å². The highest BCUT2D eigenvalue weighted by atomic mass is 35.5. The van der Waals surface area contributed by atoms with Crippen molar-refractivity contribution in [2.24, 2.45) is 0 Å². The third kappa shape index (κ3) is 8.20. The zero-order chi connectivity index (χ0) is 28.7. The standard InChI is InChI=1S/C29H36ClN3O6/c1-18-9-8-10-21(30)24(18)26(35)32-22(27(36)38-5)17-19-12-14-20(15-13-19)31-25(34)23-11-6-7-16-33(23)28(37)39-29(2,3)4/h8-10,12-15,22-23H,6-7,11,16-17H2,1-5H3,(H,31,34)(H,32,35)/t22?,23-/m0/s1. The van der Waals surface area contributed by atoms with Gasteiger partial charge in [0.2, 0.25) is 5.91 Å². The molecule has 2 N–H and O–H groups in total. The van der Waals surface area contributed by atoms with E-state index in [-0.39, 0.29) is 12.3 Å². The van der Waals surface area contributed by atoms with Gasteiger partial charge in [0.1, 0.15) is 17.7 Å². The number of piperidine rings is 1. The first-order chi connectivity index (χ1) is 18.4. The van der Waals surface area contributed by atoms with Gasteiger partial charge in [-0.15, -0.1) is 0 Å². The molecule has 3 rings (SSSR count). The molecule has 1 saturated heterocycles. The van der Waals surface area contributed by atoms with Crippen LogP contribution in [0.3, 0.4) is 0 Å². The number of rotatable bonds is 7. The molecule has 3 amide bonds. The fourth-order valence-electron chi connectivity index (χ4n) is 4.41. The van der Waals surface area contributed by atoms with E-state index in [1.54, 1.807) is 70.2 Å². The van der Waals surface area contributed by atoms with E-state index >= 15 is 0 Å². The maximum atomic E-state index is 13.1. The minimum Gasteiger partial charge on any atom is -0.467 e. The van der Waals surface area contributed by atoms with E-state index in [1.165, 1.54) is 12.0 Å². The molecule has 0 aliphatic carbocycles. The van der Waals surface area contributed by atoms with E-state index in [4.69, 9.17) is 21.1 Å². The first-order valence-corrected chi connectivity index (χ1v) is 13.3. The fourth-order valence-corrected chi connectivity index (χ4v) is 4.72. The largest absolute Gasteiger partial charge is 0.467 e. The molecule has 1 fully saturated rings. The molecule has 1 aliphatic heterocycles. The Balaban J connectivity index is 1.67. The molecule has 2 aromatic rings. The van der Waals surface area contributed by atoms with E-state index in [0.717, 1.165) is 18.4 Å². The molecular formula is C29H36ClN3O6. The predicted molar refractivity (Wildman–Crippen MR) is 149 cm³/mol. The molecule has 9 nitrogen and oxygen atoms in total. The van der Waals surface area contributed by atoms with Crippen LogP contribution >= 0.6 is 11.6 Å². The zero-order valence-electron chi connectivity index (χ0n) is 23.0. The molecule has 2 atom stereocenters. The number of carbonyl (C=O) groups excluding carboxylic acids is 4. The maximum absolute atomic E-state index is 13.1. The lowest BCUT2D eigenvalue weighted by Crippen LogP contribution is -2.51. The van der Waals surface area contributed by atoms with Crippen LogP contribution in [0.15, 0.2) is 42.5 Å². The number of ether oxygens (including phenoxy) is 2. The Kier molecular flexibility index (Phi) is 9.97. The summed E-state index contributed by atoms with van der Waals surface area (Å²) in [6.45, 7) is 7.60. The van der Waals surface area contributed by atoms with Gasteiger partial charge in [0.25, 0.3) is 5.91 Å². The van der Waals surface area contributed by atoms with Crippen molar-refractivity contribution in [3.05, 3.63) is 64.2 Å². The van der Waals surface area contributed by atoms with Crippen LogP contribution in [0, 0.1) is 6.92 Å². The molecule has 1 heterocycles. The molecule has 210 valence electrons. The van der Waals surface area contributed by atoms with Crippen molar-refractivity contribution in [2.45, 2.75) is 71.1 Å². The Hall–Kier alpha value is -3.59. The minimum absolute atomic E-state index is 0.172. The number of likely N-dealkylation sites (tertiary alicyclic amines) is 1. The summed E-state index contributed by atoms with van der Waals surface area (Å²) < 4.78 is 10.4. The molecule has 0 spiro atoms. The second-order valence-corrected chi connectivity index (χ2v) is 11.0. The normalized spacial score (nSPS) is 16.2. The lowest BCUT2D eigenvalue weighted by Gasteiger charge is -2.35. The molecule has 0 saturated carbocycles. The van der Waals surface area contributed by atoms with Crippen LogP contribution in [0.1, 0.15) is 61.5 Å². The van der Waals surface area contributed by atoms with Crippen LogP contribution in [0.4, 0.5) is 10.5 Å². The Morgan fingerprint density at radius 1 is 1.08 bits per heavy atom. The van der Waals surface area contributed by atoms with Crippen LogP contribution in [0.25, 0.3) is 0 Å². The van der Waals surface area contributed by atoms with Crippen molar-refractivity contribution >= 4 is 41.2 Å². The number of nitrogens with one attached hydrogen (secondary N) is 2. The monoisotopic (exact) mass is 557 g/mol. The summed E-state index contributed by atoms with van der Waals surface area (Å²) in [5.41, 5.74) is 1.62. The highest BCUT2D eigenvalue weighted by molar-refractivity contribution is 6.34. The van der Waals surface area contributed by atoms with E-state index in [1.807, 2.05) is 0 Å². The Labute approximate surface area is 234 Å². The fraction of sp³-hybridized carbons (Fsp3) is 0.448. The van der Waals surface area contributed by atoms with Crippen molar-refractivity contribution in [3.8, 4) is 0 Å². The van der Waals surface area contributed by atoms with E-state index in [2.05, 4.69) is 10.6 Å². The number of anilines is 1. The van der Waals surface area contributed by atoms with E-state index in [9.17, 15) is 19.2 Å². The highest BCUT2D eigenvalue weighted by Crippen LogP contribution is 2.23. The topological polar surface area (TPSA) is 114 Å². The third-order valence-corrected chi connectivity index (χ3v) is 6.65. The lowest BCUT2D eigenvalue weighted by atomic mass is 10.0. The van der Waals surface area contributed by atoms with Crippen LogP contribution in [-0.2, 0) is 25.5 Å². The summed E-state index contributed by atoms with van der Waals surface area (Å²) in [4.78, 5) is 52.6. The van der Waals surface area contributed by atoms with Crippen molar-refractivity contribution in [3.63, 3.8) is 0 Å². The van der Waals surface area contributed by atoms with Crippen molar-refractivity contribution in [1.29, 1.82) is 0 Å². The van der Waals surface area contributed by atoms with Gasteiger partial charge in [-0.05, 0) is 76.3 Å². The minimum atomic E-state index is -0.941. The van der Waals surface area contributed by atoms with Crippen molar-refractivity contribution in [2.75, 3.05) is 19.0 Å². The summed E-state index contributed by atoms with van der Waals surface area (Å²) in [5, 5.41) is 5.89. The van der Waals surface area contributed by atoms with Gasteiger partial charge in [0.15, 0.2) is 0 Å². The van der Waals surface area contributed by atoms with Gasteiger partial charge in [-0.1, -0.05) is 35.9 Å². The van der Waals surface area contributed by atoms with Gasteiger partial charge in [-0.2, -0.15) is 0 Å². The van der Waals surface area contributed by atoms with Crippen LogP contribution in [-0.4, -0.2) is 60.1 Å². The zero-order valence-corrected chi connectivity index (χ0v) is 23.8. The van der Waals surface area contributed by atoms with Gasteiger partial charge >= 0.3 is 12.1 Å². The number of methoxy groups -OCH3 is 1. The van der Waals surface area contributed by atoms with E-state index < -0.39 is 35.7 Å². The molecule has 1 unspecified atom stereocenters. The van der Waals surface area contributed by atoms with Gasteiger partial charge < -0.3 is 20.1 Å². The maximum Gasteiger partial charge on any atom is 0.410 e. The second kappa shape index (κ2) is 13.0. The number of benzene rings is 2. The molecule has 1 aliphatic rings. The SMILES string of the molecule is COC(=O)C(Cc1ccc(NC(=O)[C@@H]2CCCCN2C(=O)OC(C)(C)C)cc1)NC(=O)c1c(C)cccc1Cl. The summed E-state index contributed by atoms with van der Waals surface area (Å²) in [6, 6.07) is 10.5. The third-order valence-electron chi connectivity index (χ3n) is 6.33. The molecule has 0 aromatic heterocycles. The van der Waals surface area contributed by atoms with Crippen molar-refractivity contribution in [1.82, 2.24) is 10.2 Å². The van der Waals surface area contributed by atoms with Crippen molar-refractivity contribution < 1.29 is 28.7 Å². The van der Waals surface area contributed by atoms with Crippen LogP contribution < -0.4 is 10.6 Å². The first kappa shape index (κ1) is 30.0. The molecule has 0 radical (unpaired) electrons. The van der Waals surface area contributed by atoms with Gasteiger partial charge in [-0.3, -0.25) is 14.5 Å². The molecule has 39 heavy (non-hydrogen) atoms. The number of hydrogen-bond acceptors (Lipinski definition) is 6. The first-order valence-electron chi connectivity index (χ1n) is 12.9. The number of nitrogens with zero attached hydrogens (tertiary/aromatic N) is 1. The lowest BCUT2D eigenvalue weighted by molar-refractivity contribution is -0.142. The molecule has 2 aromatic carbocycles. The number of amides is 3.